The van der Waals surface area contributed by atoms with Crippen molar-refractivity contribution in [1.82, 2.24) is 9.97 Å². The summed E-state index contributed by atoms with van der Waals surface area (Å²) in [4.78, 5) is 10.5. The smallest absolute Gasteiger partial charge is 0.231 e. The first-order valence-corrected chi connectivity index (χ1v) is 7.67. The van der Waals surface area contributed by atoms with E-state index in [9.17, 15) is 0 Å². The lowest BCUT2D eigenvalue weighted by Gasteiger charge is -2.10. The first-order chi connectivity index (χ1) is 9.97. The Kier molecular flexibility index (Phi) is 3.65. The van der Waals surface area contributed by atoms with Gasteiger partial charge in [0.1, 0.15) is 11.2 Å². The zero-order valence-electron chi connectivity index (χ0n) is 11.3. The van der Waals surface area contributed by atoms with Crippen molar-refractivity contribution >= 4 is 50.4 Å². The third kappa shape index (κ3) is 2.52. The van der Waals surface area contributed by atoms with Crippen LogP contribution in [0.15, 0.2) is 18.5 Å². The Morgan fingerprint density at radius 3 is 2.62 bits per heavy atom. The first-order valence-electron chi connectivity index (χ1n) is 6.10. The van der Waals surface area contributed by atoms with Gasteiger partial charge in [0, 0.05) is 10.9 Å². The fraction of sp³-hybridized carbons (Fsp3) is 0.143. The highest BCUT2D eigenvalue weighted by atomic mass is 35.5. The number of nitrogen functional groups attached to an aromatic ring is 1. The molecule has 3 aromatic rings. The molecule has 0 aliphatic heterocycles. The molecule has 0 saturated carbocycles. The Bertz CT molecular complexity index is 848. The van der Waals surface area contributed by atoms with Gasteiger partial charge in [-0.25, -0.2) is 9.97 Å². The van der Waals surface area contributed by atoms with Gasteiger partial charge in [0.15, 0.2) is 5.75 Å². The summed E-state index contributed by atoms with van der Waals surface area (Å²) in [5.41, 5.74) is 7.42. The van der Waals surface area contributed by atoms with E-state index in [-0.39, 0.29) is 0 Å². The molecule has 3 rings (SSSR count). The third-order valence-electron chi connectivity index (χ3n) is 3.19. The van der Waals surface area contributed by atoms with Crippen LogP contribution in [0.25, 0.3) is 10.2 Å². The van der Waals surface area contributed by atoms with Crippen LogP contribution in [0.2, 0.25) is 10.0 Å². The van der Waals surface area contributed by atoms with Crippen molar-refractivity contribution in [3.63, 3.8) is 0 Å². The van der Waals surface area contributed by atoms with Gasteiger partial charge in [0.25, 0.3) is 0 Å². The molecular formula is C14H11Cl2N3OS. The van der Waals surface area contributed by atoms with E-state index in [2.05, 4.69) is 9.97 Å². The van der Waals surface area contributed by atoms with E-state index in [0.717, 1.165) is 15.8 Å². The number of anilines is 1. The van der Waals surface area contributed by atoms with Crippen LogP contribution >= 0.6 is 34.5 Å². The second-order valence-electron chi connectivity index (χ2n) is 4.55. The molecule has 0 fully saturated rings. The lowest BCUT2D eigenvalue weighted by molar-refractivity contribution is 0.470. The average molecular weight is 340 g/mol. The van der Waals surface area contributed by atoms with Gasteiger partial charge in [-0.1, -0.05) is 23.2 Å². The van der Waals surface area contributed by atoms with Crippen LogP contribution in [0.3, 0.4) is 0 Å². The number of hydrogen-bond donors (Lipinski definition) is 1. The highest BCUT2D eigenvalue weighted by Crippen LogP contribution is 2.39. The van der Waals surface area contributed by atoms with Crippen molar-refractivity contribution in [2.45, 2.75) is 13.8 Å². The van der Waals surface area contributed by atoms with E-state index in [1.54, 1.807) is 23.5 Å². The molecule has 1 aromatic carbocycles. The Morgan fingerprint density at radius 2 is 1.86 bits per heavy atom. The topological polar surface area (TPSA) is 61.0 Å². The molecule has 7 heteroatoms. The molecule has 0 atom stereocenters. The largest absolute Gasteiger partial charge is 0.436 e. The monoisotopic (exact) mass is 339 g/mol. The maximum atomic E-state index is 6.01. The van der Waals surface area contributed by atoms with Gasteiger partial charge in [-0.2, -0.15) is 0 Å². The molecular weight excluding hydrogens is 329 g/mol. The molecule has 2 aromatic heterocycles. The Hall–Kier alpha value is -1.56. The summed E-state index contributed by atoms with van der Waals surface area (Å²) >= 11 is 13.5. The quantitative estimate of drug-likeness (QED) is 0.668. The average Bonchev–Trinajstić information content (AvgIpc) is 2.72. The van der Waals surface area contributed by atoms with Crippen LogP contribution in [0, 0.1) is 13.8 Å². The number of hydrogen-bond acceptors (Lipinski definition) is 5. The van der Waals surface area contributed by atoms with Crippen LogP contribution in [0.1, 0.15) is 10.4 Å². The van der Waals surface area contributed by atoms with Crippen LogP contribution in [0.4, 0.5) is 5.69 Å². The Balaban J connectivity index is 2.12. The van der Waals surface area contributed by atoms with Crippen molar-refractivity contribution in [3.05, 3.63) is 38.9 Å². The van der Waals surface area contributed by atoms with Crippen molar-refractivity contribution < 1.29 is 4.74 Å². The lowest BCUT2D eigenvalue weighted by Crippen LogP contribution is -1.95. The summed E-state index contributed by atoms with van der Waals surface area (Å²) in [7, 11) is 0. The summed E-state index contributed by atoms with van der Waals surface area (Å²) in [6, 6.07) is 3.14. The lowest BCUT2D eigenvalue weighted by atomic mass is 10.2. The molecule has 21 heavy (non-hydrogen) atoms. The van der Waals surface area contributed by atoms with Crippen LogP contribution in [0.5, 0.6) is 11.6 Å². The summed E-state index contributed by atoms with van der Waals surface area (Å²) in [5, 5.41) is 1.66. The second kappa shape index (κ2) is 5.33. The molecule has 0 bridgehead atoms. The number of nitrogens with zero attached hydrogens (tertiary/aromatic N) is 2. The summed E-state index contributed by atoms with van der Waals surface area (Å²) in [5.74, 6) is 0.889. The van der Waals surface area contributed by atoms with Crippen molar-refractivity contribution in [2.75, 3.05) is 5.73 Å². The first kappa shape index (κ1) is 14.4. The van der Waals surface area contributed by atoms with E-state index >= 15 is 0 Å². The van der Waals surface area contributed by atoms with Gasteiger partial charge in [0.2, 0.25) is 5.88 Å². The van der Waals surface area contributed by atoms with Crippen LogP contribution < -0.4 is 10.5 Å². The van der Waals surface area contributed by atoms with Crippen LogP contribution in [-0.4, -0.2) is 9.97 Å². The minimum atomic E-state index is 0.379. The maximum absolute atomic E-state index is 6.01. The number of fused-ring (bicyclic) bond motifs is 1. The number of halogens is 2. The number of aryl methyl sites for hydroxylation is 2. The van der Waals surface area contributed by atoms with Gasteiger partial charge in [0.05, 0.1) is 21.1 Å². The molecule has 2 N–H and O–H groups in total. The molecule has 0 aliphatic rings. The van der Waals surface area contributed by atoms with E-state index in [4.69, 9.17) is 33.7 Å². The number of ether oxygens (including phenoxy) is 1. The number of aromatic nitrogens is 2. The minimum Gasteiger partial charge on any atom is -0.436 e. The van der Waals surface area contributed by atoms with Crippen molar-refractivity contribution in [3.8, 4) is 11.6 Å². The standard InChI is InChI=1S/C14H11Cl2N3OS/c1-6-7(2)21-14-12(6)13(18-5-19-14)20-11-4-9(16)8(15)3-10(11)17/h3-5H,17H2,1-2H3. The number of nitrogens with two attached hydrogens (primary N) is 1. The Labute approximate surface area is 135 Å². The number of benzene rings is 1. The highest BCUT2D eigenvalue weighted by Gasteiger charge is 2.15. The van der Waals surface area contributed by atoms with Gasteiger partial charge in [-0.3, -0.25) is 0 Å². The van der Waals surface area contributed by atoms with Gasteiger partial charge in [-0.15, -0.1) is 11.3 Å². The SMILES string of the molecule is Cc1sc2ncnc(Oc3cc(Cl)c(Cl)cc3N)c2c1C. The minimum absolute atomic E-state index is 0.379. The normalized spacial score (nSPS) is 11.0. The molecule has 0 aliphatic carbocycles. The van der Waals surface area contributed by atoms with Gasteiger partial charge in [-0.05, 0) is 25.5 Å². The molecule has 0 spiro atoms. The highest BCUT2D eigenvalue weighted by molar-refractivity contribution is 7.18. The molecule has 0 amide bonds. The van der Waals surface area contributed by atoms with E-state index in [0.29, 0.717) is 27.4 Å². The van der Waals surface area contributed by atoms with E-state index < -0.39 is 0 Å². The zero-order chi connectivity index (χ0) is 15.1. The molecule has 4 nitrogen and oxygen atoms in total. The predicted molar refractivity (Wildman–Crippen MR) is 87.8 cm³/mol. The van der Waals surface area contributed by atoms with Crippen molar-refractivity contribution in [2.24, 2.45) is 0 Å². The van der Waals surface area contributed by atoms with Gasteiger partial charge < -0.3 is 10.5 Å². The number of rotatable bonds is 2. The fourth-order valence-corrected chi connectivity index (χ4v) is 3.28. The molecule has 0 radical (unpaired) electrons. The molecule has 108 valence electrons. The van der Waals surface area contributed by atoms with Gasteiger partial charge >= 0.3 is 0 Å². The van der Waals surface area contributed by atoms with Crippen molar-refractivity contribution in [1.29, 1.82) is 0 Å². The summed E-state index contributed by atoms with van der Waals surface area (Å²) < 4.78 is 5.84. The summed E-state index contributed by atoms with van der Waals surface area (Å²) in [6.07, 6.45) is 1.47. The third-order valence-corrected chi connectivity index (χ3v) is 5.03. The number of thiophene rings is 1. The maximum Gasteiger partial charge on any atom is 0.231 e. The van der Waals surface area contributed by atoms with E-state index in [1.165, 1.54) is 11.2 Å². The predicted octanol–water partition coefficient (Wildman–Crippen LogP) is 4.99. The Morgan fingerprint density at radius 1 is 1.14 bits per heavy atom. The zero-order valence-corrected chi connectivity index (χ0v) is 13.6. The fourth-order valence-electron chi connectivity index (χ4n) is 1.96. The molecule has 0 saturated heterocycles. The summed E-state index contributed by atoms with van der Waals surface area (Å²) in [6.45, 7) is 4.06. The second-order valence-corrected chi connectivity index (χ2v) is 6.57. The van der Waals surface area contributed by atoms with E-state index in [1.807, 2.05) is 13.8 Å². The van der Waals surface area contributed by atoms with Crippen LogP contribution in [-0.2, 0) is 0 Å². The molecule has 2 heterocycles. The molecule has 0 unspecified atom stereocenters.